The number of benzene rings is 1. The lowest BCUT2D eigenvalue weighted by Gasteiger charge is -2.34. The molecule has 134 valence electrons. The Balaban J connectivity index is 0.00000288. The van der Waals surface area contributed by atoms with Gasteiger partial charge in [0.15, 0.2) is 6.61 Å². The number of ether oxygens (including phenoxy) is 2. The van der Waals surface area contributed by atoms with Gasteiger partial charge in [0.25, 0.3) is 5.91 Å². The first kappa shape index (κ1) is 20.2. The zero-order valence-corrected chi connectivity index (χ0v) is 14.5. The Morgan fingerprint density at radius 3 is 2.42 bits per heavy atom. The topological polar surface area (TPSA) is 103 Å². The van der Waals surface area contributed by atoms with E-state index in [0.29, 0.717) is 44.0 Å². The molecule has 1 heterocycles. The van der Waals surface area contributed by atoms with Crippen LogP contribution >= 0.6 is 12.4 Å². The summed E-state index contributed by atoms with van der Waals surface area (Å²) in [4.78, 5) is 23.7. The van der Waals surface area contributed by atoms with Gasteiger partial charge in [-0.2, -0.15) is 0 Å². The van der Waals surface area contributed by atoms with Gasteiger partial charge in [-0.05, 0) is 37.1 Å². The zero-order valence-electron chi connectivity index (χ0n) is 13.7. The molecule has 1 aromatic carbocycles. The standard InChI is InChI=1S/C16H23N3O4.ClH/c1-18-14(20)10-23-13-4-2-12(3-5-13)19-15(21)16(11-17)6-8-22-9-7-16;/h2-5H,6-11,17H2,1H3,(H,18,20)(H,19,21);1H. The minimum absolute atomic E-state index is 0. The Morgan fingerprint density at radius 2 is 1.88 bits per heavy atom. The molecule has 0 aliphatic carbocycles. The van der Waals surface area contributed by atoms with Crippen molar-refractivity contribution in [1.82, 2.24) is 5.32 Å². The summed E-state index contributed by atoms with van der Waals surface area (Å²) in [6.45, 7) is 1.36. The maximum atomic E-state index is 12.5. The van der Waals surface area contributed by atoms with E-state index in [-0.39, 0.29) is 30.8 Å². The monoisotopic (exact) mass is 357 g/mol. The Kier molecular flexibility index (Phi) is 7.97. The predicted octanol–water partition coefficient (Wildman–Crippen LogP) is 0.927. The van der Waals surface area contributed by atoms with Crippen LogP contribution in [0.4, 0.5) is 5.69 Å². The molecule has 24 heavy (non-hydrogen) atoms. The summed E-state index contributed by atoms with van der Waals surface area (Å²) in [6, 6.07) is 6.89. The van der Waals surface area contributed by atoms with Crippen LogP contribution in [0, 0.1) is 5.41 Å². The Bertz CT molecular complexity index is 545. The first-order valence-electron chi connectivity index (χ1n) is 7.62. The van der Waals surface area contributed by atoms with Gasteiger partial charge in [-0.15, -0.1) is 12.4 Å². The van der Waals surface area contributed by atoms with Gasteiger partial charge in [-0.3, -0.25) is 9.59 Å². The number of likely N-dealkylation sites (N-methyl/N-ethyl adjacent to an activating group) is 1. The van der Waals surface area contributed by atoms with Gasteiger partial charge in [0, 0.05) is 32.5 Å². The summed E-state index contributed by atoms with van der Waals surface area (Å²) in [5, 5.41) is 5.37. The molecule has 0 saturated carbocycles. The molecule has 2 rings (SSSR count). The molecule has 4 N–H and O–H groups in total. The molecule has 1 aliphatic rings. The van der Waals surface area contributed by atoms with Crippen molar-refractivity contribution in [3.8, 4) is 5.75 Å². The number of anilines is 1. The van der Waals surface area contributed by atoms with Gasteiger partial charge in [0.05, 0.1) is 5.41 Å². The molecule has 1 fully saturated rings. The maximum absolute atomic E-state index is 12.5. The number of halogens is 1. The Hall–Kier alpha value is -1.83. The first-order valence-corrected chi connectivity index (χ1v) is 7.62. The predicted molar refractivity (Wildman–Crippen MR) is 93.4 cm³/mol. The number of carbonyl (C=O) groups is 2. The third-order valence-electron chi connectivity index (χ3n) is 4.08. The lowest BCUT2D eigenvalue weighted by molar-refractivity contribution is -0.130. The second kappa shape index (κ2) is 9.46. The number of amides is 2. The summed E-state index contributed by atoms with van der Waals surface area (Å²) < 4.78 is 10.6. The average molecular weight is 358 g/mol. The summed E-state index contributed by atoms with van der Waals surface area (Å²) in [7, 11) is 1.55. The molecule has 0 atom stereocenters. The Labute approximate surface area is 147 Å². The van der Waals surface area contributed by atoms with Crippen LogP contribution in [-0.4, -0.2) is 45.2 Å². The van der Waals surface area contributed by atoms with E-state index >= 15 is 0 Å². The highest BCUT2D eigenvalue weighted by atomic mass is 35.5. The van der Waals surface area contributed by atoms with Crippen LogP contribution in [-0.2, 0) is 14.3 Å². The highest BCUT2D eigenvalue weighted by Gasteiger charge is 2.38. The first-order chi connectivity index (χ1) is 11.1. The summed E-state index contributed by atoms with van der Waals surface area (Å²) >= 11 is 0. The van der Waals surface area contributed by atoms with Crippen molar-refractivity contribution in [3.63, 3.8) is 0 Å². The van der Waals surface area contributed by atoms with Crippen LogP contribution in [0.25, 0.3) is 0 Å². The van der Waals surface area contributed by atoms with Gasteiger partial charge in [-0.25, -0.2) is 0 Å². The fourth-order valence-corrected chi connectivity index (χ4v) is 2.41. The van der Waals surface area contributed by atoms with Crippen LogP contribution in [0.15, 0.2) is 24.3 Å². The number of nitrogens with one attached hydrogen (secondary N) is 2. The summed E-state index contributed by atoms with van der Waals surface area (Å²) in [5.41, 5.74) is 5.93. The van der Waals surface area contributed by atoms with Crippen molar-refractivity contribution in [2.75, 3.05) is 38.7 Å². The molecule has 0 bridgehead atoms. The van der Waals surface area contributed by atoms with E-state index in [1.165, 1.54) is 0 Å². The quantitative estimate of drug-likeness (QED) is 0.702. The number of hydrogen-bond acceptors (Lipinski definition) is 5. The lowest BCUT2D eigenvalue weighted by atomic mass is 9.79. The normalized spacial score (nSPS) is 15.8. The molecule has 1 aliphatic heterocycles. The molecule has 8 heteroatoms. The number of nitrogens with two attached hydrogens (primary N) is 1. The van der Waals surface area contributed by atoms with Crippen molar-refractivity contribution in [1.29, 1.82) is 0 Å². The van der Waals surface area contributed by atoms with Gasteiger partial charge < -0.3 is 25.8 Å². The van der Waals surface area contributed by atoms with E-state index < -0.39 is 5.41 Å². The van der Waals surface area contributed by atoms with Crippen molar-refractivity contribution < 1.29 is 19.1 Å². The minimum atomic E-state index is -0.563. The molecule has 0 spiro atoms. The second-order valence-electron chi connectivity index (χ2n) is 5.54. The van der Waals surface area contributed by atoms with Gasteiger partial charge in [0.2, 0.25) is 5.91 Å². The minimum Gasteiger partial charge on any atom is -0.484 e. The smallest absolute Gasteiger partial charge is 0.257 e. The van der Waals surface area contributed by atoms with E-state index in [4.69, 9.17) is 15.2 Å². The molecular weight excluding hydrogens is 334 g/mol. The Morgan fingerprint density at radius 1 is 1.25 bits per heavy atom. The van der Waals surface area contributed by atoms with E-state index in [9.17, 15) is 9.59 Å². The van der Waals surface area contributed by atoms with Crippen LogP contribution in [0.3, 0.4) is 0 Å². The van der Waals surface area contributed by atoms with Crippen LogP contribution in [0.5, 0.6) is 5.75 Å². The van der Waals surface area contributed by atoms with Crippen LogP contribution in [0.2, 0.25) is 0 Å². The van der Waals surface area contributed by atoms with Crippen molar-refractivity contribution in [2.45, 2.75) is 12.8 Å². The molecule has 2 amide bonds. The fourth-order valence-electron chi connectivity index (χ4n) is 2.41. The van der Waals surface area contributed by atoms with Gasteiger partial charge >= 0.3 is 0 Å². The number of carbonyl (C=O) groups excluding carboxylic acids is 2. The highest BCUT2D eigenvalue weighted by molar-refractivity contribution is 5.95. The lowest BCUT2D eigenvalue weighted by Crippen LogP contribution is -2.46. The van der Waals surface area contributed by atoms with Gasteiger partial charge in [-0.1, -0.05) is 0 Å². The fraction of sp³-hybridized carbons (Fsp3) is 0.500. The zero-order chi connectivity index (χ0) is 16.7. The van der Waals surface area contributed by atoms with Crippen molar-refractivity contribution in [2.24, 2.45) is 11.1 Å². The number of rotatable bonds is 6. The van der Waals surface area contributed by atoms with E-state index in [1.807, 2.05) is 0 Å². The van der Waals surface area contributed by atoms with E-state index in [1.54, 1.807) is 31.3 Å². The summed E-state index contributed by atoms with van der Waals surface area (Å²) in [6.07, 6.45) is 1.26. The molecular formula is C16H24ClN3O4. The molecule has 1 saturated heterocycles. The SMILES string of the molecule is CNC(=O)COc1ccc(NC(=O)C2(CN)CCOCC2)cc1.Cl. The molecule has 0 aromatic heterocycles. The van der Waals surface area contributed by atoms with E-state index in [2.05, 4.69) is 10.6 Å². The molecule has 1 aromatic rings. The molecule has 7 nitrogen and oxygen atoms in total. The van der Waals surface area contributed by atoms with Crippen LogP contribution < -0.4 is 21.1 Å². The second-order valence-corrected chi connectivity index (χ2v) is 5.54. The third kappa shape index (κ3) is 5.09. The van der Waals surface area contributed by atoms with Crippen molar-refractivity contribution >= 4 is 29.9 Å². The molecule has 0 radical (unpaired) electrons. The van der Waals surface area contributed by atoms with Crippen LogP contribution in [0.1, 0.15) is 12.8 Å². The largest absolute Gasteiger partial charge is 0.484 e. The number of hydrogen-bond donors (Lipinski definition) is 3. The highest BCUT2D eigenvalue weighted by Crippen LogP contribution is 2.31. The third-order valence-corrected chi connectivity index (χ3v) is 4.08. The van der Waals surface area contributed by atoms with E-state index in [0.717, 1.165) is 0 Å². The maximum Gasteiger partial charge on any atom is 0.257 e. The van der Waals surface area contributed by atoms with Gasteiger partial charge in [0.1, 0.15) is 5.75 Å². The molecule has 0 unspecified atom stereocenters. The van der Waals surface area contributed by atoms with Crippen molar-refractivity contribution in [3.05, 3.63) is 24.3 Å². The average Bonchev–Trinajstić information content (AvgIpc) is 2.61. The summed E-state index contributed by atoms with van der Waals surface area (Å²) in [5.74, 6) is 0.278.